The molecule has 8 heteroatoms. The minimum atomic E-state index is -3.10. The number of aliphatic carboxylic acids is 1. The molecule has 0 amide bonds. The Labute approximate surface area is 130 Å². The van der Waals surface area contributed by atoms with Gasteiger partial charge in [-0.05, 0) is 30.2 Å². The standard InChI is InChI=1S/C13H15BrFNO4S/c14-10-3-9(4-11(15)5-10)6-16(7-13(17)18)12-1-2-21(19,20)8-12/h3-5,12H,1-2,6-8H2,(H,17,18). The lowest BCUT2D eigenvalue weighted by molar-refractivity contribution is -0.139. The molecular weight excluding hydrogens is 365 g/mol. The molecule has 0 spiro atoms. The molecule has 0 aromatic heterocycles. The third kappa shape index (κ3) is 4.76. The van der Waals surface area contributed by atoms with Crippen LogP contribution in [0.5, 0.6) is 0 Å². The van der Waals surface area contributed by atoms with Crippen LogP contribution in [0.4, 0.5) is 4.39 Å². The van der Waals surface area contributed by atoms with Crippen LogP contribution in [0.3, 0.4) is 0 Å². The number of hydrogen-bond donors (Lipinski definition) is 1. The van der Waals surface area contributed by atoms with Crippen LogP contribution in [0.25, 0.3) is 0 Å². The maximum atomic E-state index is 13.4. The summed E-state index contributed by atoms with van der Waals surface area (Å²) in [5.41, 5.74) is 0.604. The highest BCUT2D eigenvalue weighted by atomic mass is 79.9. The average molecular weight is 380 g/mol. The van der Waals surface area contributed by atoms with Crippen LogP contribution in [0.15, 0.2) is 22.7 Å². The lowest BCUT2D eigenvalue weighted by Crippen LogP contribution is -2.39. The molecule has 1 fully saturated rings. The minimum absolute atomic E-state index is 0.0449. The van der Waals surface area contributed by atoms with Crippen molar-refractivity contribution in [2.75, 3.05) is 18.1 Å². The molecule has 1 heterocycles. The van der Waals surface area contributed by atoms with Gasteiger partial charge in [-0.15, -0.1) is 0 Å². The molecule has 21 heavy (non-hydrogen) atoms. The summed E-state index contributed by atoms with van der Waals surface area (Å²) in [5, 5.41) is 8.99. The van der Waals surface area contributed by atoms with Gasteiger partial charge in [-0.25, -0.2) is 12.8 Å². The van der Waals surface area contributed by atoms with E-state index in [4.69, 9.17) is 5.11 Å². The lowest BCUT2D eigenvalue weighted by atomic mass is 10.1. The first-order chi connectivity index (χ1) is 9.75. The van der Waals surface area contributed by atoms with Crippen molar-refractivity contribution in [1.82, 2.24) is 4.90 Å². The van der Waals surface area contributed by atoms with Gasteiger partial charge in [0.05, 0.1) is 18.1 Å². The number of carbonyl (C=O) groups is 1. The number of halogens is 2. The maximum Gasteiger partial charge on any atom is 0.317 e. The van der Waals surface area contributed by atoms with Crippen LogP contribution in [-0.2, 0) is 21.2 Å². The number of benzene rings is 1. The second-order valence-electron chi connectivity index (χ2n) is 5.13. The van der Waals surface area contributed by atoms with E-state index >= 15 is 0 Å². The number of carboxylic acid groups (broad SMARTS) is 1. The average Bonchev–Trinajstić information content (AvgIpc) is 2.67. The van der Waals surface area contributed by atoms with Crippen molar-refractivity contribution < 1.29 is 22.7 Å². The van der Waals surface area contributed by atoms with Crippen molar-refractivity contribution in [1.29, 1.82) is 0 Å². The van der Waals surface area contributed by atoms with Gasteiger partial charge in [-0.1, -0.05) is 15.9 Å². The molecule has 1 unspecified atom stereocenters. The largest absolute Gasteiger partial charge is 0.480 e. The van der Waals surface area contributed by atoms with E-state index in [0.717, 1.165) is 0 Å². The van der Waals surface area contributed by atoms with Gasteiger partial charge in [0.2, 0.25) is 0 Å². The van der Waals surface area contributed by atoms with Crippen molar-refractivity contribution in [2.24, 2.45) is 0 Å². The summed E-state index contributed by atoms with van der Waals surface area (Å²) in [6.45, 7) is -0.0723. The van der Waals surface area contributed by atoms with E-state index in [9.17, 15) is 17.6 Å². The Morgan fingerprint density at radius 1 is 1.43 bits per heavy atom. The predicted octanol–water partition coefficient (Wildman–Crippen LogP) is 1.66. The minimum Gasteiger partial charge on any atom is -0.480 e. The Morgan fingerprint density at radius 2 is 2.14 bits per heavy atom. The highest BCUT2D eigenvalue weighted by molar-refractivity contribution is 9.10. The van der Waals surface area contributed by atoms with Crippen molar-refractivity contribution in [3.05, 3.63) is 34.1 Å². The number of hydrogen-bond acceptors (Lipinski definition) is 4. The van der Waals surface area contributed by atoms with Gasteiger partial charge in [-0.2, -0.15) is 0 Å². The molecule has 2 rings (SSSR count). The topological polar surface area (TPSA) is 74.7 Å². The van der Waals surface area contributed by atoms with Crippen LogP contribution in [0.2, 0.25) is 0 Å². The summed E-state index contributed by atoms with van der Waals surface area (Å²) in [6, 6.07) is 3.99. The molecule has 5 nitrogen and oxygen atoms in total. The van der Waals surface area contributed by atoms with Crippen LogP contribution in [-0.4, -0.2) is 48.5 Å². The number of carboxylic acids is 1. The summed E-state index contributed by atoms with van der Waals surface area (Å²) in [4.78, 5) is 12.6. The summed E-state index contributed by atoms with van der Waals surface area (Å²) in [6.07, 6.45) is 0.409. The number of nitrogens with zero attached hydrogens (tertiary/aromatic N) is 1. The van der Waals surface area contributed by atoms with Gasteiger partial charge in [0.1, 0.15) is 5.82 Å². The molecule has 1 aliphatic heterocycles. The van der Waals surface area contributed by atoms with E-state index < -0.39 is 21.6 Å². The Balaban J connectivity index is 2.18. The Morgan fingerprint density at radius 3 is 2.67 bits per heavy atom. The highest BCUT2D eigenvalue weighted by Gasteiger charge is 2.33. The van der Waals surface area contributed by atoms with E-state index in [2.05, 4.69) is 15.9 Å². The van der Waals surface area contributed by atoms with Crippen LogP contribution >= 0.6 is 15.9 Å². The van der Waals surface area contributed by atoms with Crippen LogP contribution in [0.1, 0.15) is 12.0 Å². The second kappa shape index (κ2) is 6.41. The first kappa shape index (κ1) is 16.4. The molecular formula is C13H15BrFNO4S. The maximum absolute atomic E-state index is 13.4. The number of sulfone groups is 1. The van der Waals surface area contributed by atoms with E-state index in [1.165, 1.54) is 12.1 Å². The Kier molecular flexibility index (Phi) is 5.00. The first-order valence-corrected chi connectivity index (χ1v) is 8.98. The quantitative estimate of drug-likeness (QED) is 0.841. The smallest absolute Gasteiger partial charge is 0.317 e. The molecule has 1 aliphatic rings. The van der Waals surface area contributed by atoms with Crippen molar-refractivity contribution in [3.8, 4) is 0 Å². The van der Waals surface area contributed by atoms with Gasteiger partial charge >= 0.3 is 5.97 Å². The van der Waals surface area contributed by atoms with Gasteiger partial charge in [0.25, 0.3) is 0 Å². The summed E-state index contributed by atoms with van der Waals surface area (Å²) in [7, 11) is -3.10. The molecule has 1 aromatic carbocycles. The molecule has 116 valence electrons. The zero-order chi connectivity index (χ0) is 15.6. The second-order valence-corrected chi connectivity index (χ2v) is 8.28. The van der Waals surface area contributed by atoms with Crippen LogP contribution < -0.4 is 0 Å². The molecule has 1 atom stereocenters. The normalized spacial score (nSPS) is 20.8. The first-order valence-electron chi connectivity index (χ1n) is 6.36. The van der Waals surface area contributed by atoms with E-state index in [0.29, 0.717) is 16.5 Å². The van der Waals surface area contributed by atoms with Crippen molar-refractivity contribution in [3.63, 3.8) is 0 Å². The number of rotatable bonds is 5. The third-order valence-electron chi connectivity index (χ3n) is 3.37. The van der Waals surface area contributed by atoms with Gasteiger partial charge in [0, 0.05) is 17.1 Å². The fraction of sp³-hybridized carbons (Fsp3) is 0.462. The predicted molar refractivity (Wildman–Crippen MR) is 79.2 cm³/mol. The fourth-order valence-electron chi connectivity index (χ4n) is 2.49. The van der Waals surface area contributed by atoms with Crippen molar-refractivity contribution >= 4 is 31.7 Å². The monoisotopic (exact) mass is 379 g/mol. The SMILES string of the molecule is O=C(O)CN(Cc1cc(F)cc(Br)c1)C1CCS(=O)(=O)C1. The molecule has 1 N–H and O–H groups in total. The lowest BCUT2D eigenvalue weighted by Gasteiger charge is -2.26. The van der Waals surface area contributed by atoms with E-state index in [1.54, 1.807) is 11.0 Å². The molecule has 0 bridgehead atoms. The van der Waals surface area contributed by atoms with E-state index in [-0.39, 0.29) is 30.6 Å². The molecule has 0 radical (unpaired) electrons. The van der Waals surface area contributed by atoms with Gasteiger partial charge in [0.15, 0.2) is 9.84 Å². The highest BCUT2D eigenvalue weighted by Crippen LogP contribution is 2.22. The molecule has 0 saturated carbocycles. The molecule has 1 aromatic rings. The van der Waals surface area contributed by atoms with Crippen molar-refractivity contribution in [2.45, 2.75) is 19.0 Å². The third-order valence-corrected chi connectivity index (χ3v) is 5.58. The van der Waals surface area contributed by atoms with Gasteiger partial charge in [-0.3, -0.25) is 9.69 Å². The summed E-state index contributed by atoms with van der Waals surface area (Å²) < 4.78 is 37.0. The Hall–Kier alpha value is -0.990. The Bertz CT molecular complexity index is 629. The summed E-state index contributed by atoms with van der Waals surface area (Å²) >= 11 is 3.18. The summed E-state index contributed by atoms with van der Waals surface area (Å²) in [5.74, 6) is -1.43. The van der Waals surface area contributed by atoms with Crippen LogP contribution in [0, 0.1) is 5.82 Å². The molecule has 1 saturated heterocycles. The zero-order valence-corrected chi connectivity index (χ0v) is 13.5. The van der Waals surface area contributed by atoms with Gasteiger partial charge < -0.3 is 5.11 Å². The molecule has 0 aliphatic carbocycles. The van der Waals surface area contributed by atoms with E-state index in [1.807, 2.05) is 0 Å². The zero-order valence-electron chi connectivity index (χ0n) is 11.1. The fourth-order valence-corrected chi connectivity index (χ4v) is 4.76.